The maximum Gasteiger partial charge on any atom is 0.0844 e. The standard InChI is InChI=1S/C18H23BrN2O/c19-15-9-6-13(7-10-15)8-11-16(20)18(22)17(21)12-14-4-2-1-3-5-14/h1-7,9-10,16-18,22H,8,11-12,20-21H2/t16?,17-,18+/m0/s1. The third-order valence-corrected chi connectivity index (χ3v) is 4.40. The number of benzene rings is 2. The average molecular weight is 363 g/mol. The molecule has 5 N–H and O–H groups in total. The van der Waals surface area contributed by atoms with Crippen LogP contribution in [0.1, 0.15) is 17.5 Å². The Morgan fingerprint density at radius 3 is 2.14 bits per heavy atom. The van der Waals surface area contributed by atoms with Gasteiger partial charge in [-0.2, -0.15) is 0 Å². The lowest BCUT2D eigenvalue weighted by atomic mass is 9.94. The fourth-order valence-electron chi connectivity index (χ4n) is 2.48. The van der Waals surface area contributed by atoms with Crippen molar-refractivity contribution in [1.29, 1.82) is 0 Å². The van der Waals surface area contributed by atoms with E-state index in [9.17, 15) is 5.11 Å². The molecule has 2 rings (SSSR count). The lowest BCUT2D eigenvalue weighted by molar-refractivity contribution is 0.112. The molecule has 0 fully saturated rings. The Kier molecular flexibility index (Phi) is 6.58. The van der Waals surface area contributed by atoms with Crippen molar-refractivity contribution < 1.29 is 5.11 Å². The summed E-state index contributed by atoms with van der Waals surface area (Å²) in [7, 11) is 0. The van der Waals surface area contributed by atoms with E-state index in [2.05, 4.69) is 28.1 Å². The van der Waals surface area contributed by atoms with Gasteiger partial charge in [0.1, 0.15) is 0 Å². The van der Waals surface area contributed by atoms with Crippen LogP contribution in [-0.2, 0) is 12.8 Å². The number of aliphatic hydroxyl groups is 1. The second-order valence-electron chi connectivity index (χ2n) is 5.67. The Labute approximate surface area is 140 Å². The summed E-state index contributed by atoms with van der Waals surface area (Å²) >= 11 is 3.42. The summed E-state index contributed by atoms with van der Waals surface area (Å²) in [6.45, 7) is 0. The van der Waals surface area contributed by atoms with Crippen molar-refractivity contribution in [1.82, 2.24) is 0 Å². The van der Waals surface area contributed by atoms with Crippen molar-refractivity contribution in [2.24, 2.45) is 11.5 Å². The number of rotatable bonds is 7. The highest BCUT2D eigenvalue weighted by Gasteiger charge is 2.22. The van der Waals surface area contributed by atoms with Crippen LogP contribution in [0.15, 0.2) is 59.1 Å². The van der Waals surface area contributed by atoms with Gasteiger partial charge in [0.15, 0.2) is 0 Å². The van der Waals surface area contributed by atoms with E-state index in [0.717, 1.165) is 16.5 Å². The van der Waals surface area contributed by atoms with Gasteiger partial charge >= 0.3 is 0 Å². The van der Waals surface area contributed by atoms with Crippen LogP contribution in [-0.4, -0.2) is 23.3 Å². The van der Waals surface area contributed by atoms with E-state index in [1.165, 1.54) is 5.56 Å². The van der Waals surface area contributed by atoms with Gasteiger partial charge in [-0.1, -0.05) is 58.4 Å². The molecule has 3 atom stereocenters. The Morgan fingerprint density at radius 2 is 1.50 bits per heavy atom. The zero-order valence-corrected chi connectivity index (χ0v) is 14.1. The number of aryl methyl sites for hydroxylation is 1. The smallest absolute Gasteiger partial charge is 0.0844 e. The van der Waals surface area contributed by atoms with Crippen molar-refractivity contribution in [3.05, 3.63) is 70.2 Å². The summed E-state index contributed by atoms with van der Waals surface area (Å²) in [6, 6.07) is 17.4. The van der Waals surface area contributed by atoms with Gasteiger partial charge in [0.2, 0.25) is 0 Å². The Balaban J connectivity index is 1.83. The van der Waals surface area contributed by atoms with Gasteiger partial charge in [0.05, 0.1) is 6.10 Å². The summed E-state index contributed by atoms with van der Waals surface area (Å²) in [5, 5.41) is 10.3. The molecule has 118 valence electrons. The first kappa shape index (κ1) is 17.2. The van der Waals surface area contributed by atoms with E-state index in [-0.39, 0.29) is 12.1 Å². The molecule has 0 bridgehead atoms. The number of nitrogens with two attached hydrogens (primary N) is 2. The lowest BCUT2D eigenvalue weighted by Gasteiger charge is -2.25. The van der Waals surface area contributed by atoms with Gasteiger partial charge in [0, 0.05) is 16.6 Å². The van der Waals surface area contributed by atoms with Crippen LogP contribution in [0.5, 0.6) is 0 Å². The summed E-state index contributed by atoms with van der Waals surface area (Å²) in [5.74, 6) is 0. The molecule has 0 saturated heterocycles. The van der Waals surface area contributed by atoms with Gasteiger partial charge in [-0.25, -0.2) is 0 Å². The van der Waals surface area contributed by atoms with Crippen LogP contribution in [0.3, 0.4) is 0 Å². The number of halogens is 1. The average Bonchev–Trinajstić information content (AvgIpc) is 2.54. The van der Waals surface area contributed by atoms with Crippen LogP contribution in [0.2, 0.25) is 0 Å². The van der Waals surface area contributed by atoms with Gasteiger partial charge in [-0.3, -0.25) is 0 Å². The van der Waals surface area contributed by atoms with Crippen molar-refractivity contribution >= 4 is 15.9 Å². The molecule has 0 radical (unpaired) electrons. The molecule has 22 heavy (non-hydrogen) atoms. The van der Waals surface area contributed by atoms with Crippen LogP contribution < -0.4 is 11.5 Å². The zero-order chi connectivity index (χ0) is 15.9. The number of hydrogen-bond acceptors (Lipinski definition) is 3. The molecular weight excluding hydrogens is 340 g/mol. The minimum absolute atomic E-state index is 0.317. The monoisotopic (exact) mass is 362 g/mol. The SMILES string of the molecule is NC(CCc1ccc(Br)cc1)[C@@H](O)[C@@H](N)Cc1ccccc1. The Hall–Kier alpha value is -1.20. The fourth-order valence-corrected chi connectivity index (χ4v) is 2.74. The topological polar surface area (TPSA) is 72.3 Å². The molecule has 0 heterocycles. The number of hydrogen-bond donors (Lipinski definition) is 3. The molecule has 0 saturated carbocycles. The molecule has 0 aliphatic heterocycles. The minimum atomic E-state index is -0.698. The highest BCUT2D eigenvalue weighted by Crippen LogP contribution is 2.14. The van der Waals surface area contributed by atoms with Crippen molar-refractivity contribution in [2.45, 2.75) is 37.5 Å². The van der Waals surface area contributed by atoms with Gasteiger partial charge < -0.3 is 16.6 Å². The maximum atomic E-state index is 10.3. The molecule has 0 aromatic heterocycles. The van der Waals surface area contributed by atoms with Gasteiger partial charge in [0.25, 0.3) is 0 Å². The minimum Gasteiger partial charge on any atom is -0.390 e. The first-order valence-electron chi connectivity index (χ1n) is 7.54. The Bertz CT molecular complexity index is 559. The summed E-state index contributed by atoms with van der Waals surface area (Å²) in [4.78, 5) is 0. The summed E-state index contributed by atoms with van der Waals surface area (Å²) in [5.41, 5.74) is 14.5. The molecule has 2 aromatic carbocycles. The maximum absolute atomic E-state index is 10.3. The van der Waals surface area contributed by atoms with Crippen molar-refractivity contribution in [3.63, 3.8) is 0 Å². The van der Waals surface area contributed by atoms with Gasteiger partial charge in [-0.05, 0) is 42.5 Å². The van der Waals surface area contributed by atoms with Crippen LogP contribution in [0.25, 0.3) is 0 Å². The molecule has 1 unspecified atom stereocenters. The highest BCUT2D eigenvalue weighted by atomic mass is 79.9. The zero-order valence-electron chi connectivity index (χ0n) is 12.5. The molecule has 0 amide bonds. The van der Waals surface area contributed by atoms with Crippen molar-refractivity contribution in [2.75, 3.05) is 0 Å². The van der Waals surface area contributed by atoms with Crippen LogP contribution in [0.4, 0.5) is 0 Å². The quantitative estimate of drug-likeness (QED) is 0.708. The van der Waals surface area contributed by atoms with E-state index in [4.69, 9.17) is 11.5 Å². The predicted molar refractivity (Wildman–Crippen MR) is 94.6 cm³/mol. The largest absolute Gasteiger partial charge is 0.390 e. The van der Waals surface area contributed by atoms with E-state index in [1.54, 1.807) is 0 Å². The summed E-state index contributed by atoms with van der Waals surface area (Å²) in [6.07, 6.45) is 1.48. The van der Waals surface area contributed by atoms with E-state index in [0.29, 0.717) is 12.8 Å². The predicted octanol–water partition coefficient (Wildman–Crippen LogP) is 2.64. The molecule has 0 aliphatic rings. The highest BCUT2D eigenvalue weighted by molar-refractivity contribution is 9.10. The fraction of sp³-hybridized carbons (Fsp3) is 0.333. The molecule has 2 aromatic rings. The second-order valence-corrected chi connectivity index (χ2v) is 6.59. The lowest BCUT2D eigenvalue weighted by Crippen LogP contribution is -2.48. The number of aliphatic hydroxyl groups excluding tert-OH is 1. The molecule has 0 aliphatic carbocycles. The van der Waals surface area contributed by atoms with Crippen molar-refractivity contribution in [3.8, 4) is 0 Å². The second kappa shape index (κ2) is 8.44. The van der Waals surface area contributed by atoms with E-state index in [1.807, 2.05) is 42.5 Å². The van der Waals surface area contributed by atoms with Crippen LogP contribution in [0, 0.1) is 0 Å². The first-order valence-corrected chi connectivity index (χ1v) is 8.33. The van der Waals surface area contributed by atoms with Crippen LogP contribution >= 0.6 is 15.9 Å². The third-order valence-electron chi connectivity index (χ3n) is 3.87. The molecule has 3 nitrogen and oxygen atoms in total. The van der Waals surface area contributed by atoms with Gasteiger partial charge in [-0.15, -0.1) is 0 Å². The third kappa shape index (κ3) is 5.21. The summed E-state index contributed by atoms with van der Waals surface area (Å²) < 4.78 is 1.06. The van der Waals surface area contributed by atoms with E-state index < -0.39 is 6.10 Å². The molecule has 0 spiro atoms. The Morgan fingerprint density at radius 1 is 0.864 bits per heavy atom. The normalized spacial score (nSPS) is 15.3. The van der Waals surface area contributed by atoms with E-state index >= 15 is 0 Å². The molecule has 4 heteroatoms. The molecular formula is C18H23BrN2O. The first-order chi connectivity index (χ1) is 10.6.